The van der Waals surface area contributed by atoms with E-state index in [1.165, 1.54) is 50.7 Å². The second kappa shape index (κ2) is 14.2. The lowest BCUT2D eigenvalue weighted by Gasteiger charge is -2.13. The fourth-order valence-corrected chi connectivity index (χ4v) is 2.86. The first-order chi connectivity index (χ1) is 13.1. The van der Waals surface area contributed by atoms with E-state index in [-0.39, 0.29) is 18.6 Å². The van der Waals surface area contributed by atoms with Gasteiger partial charge in [0.25, 0.3) is 0 Å². The predicted molar refractivity (Wildman–Crippen MR) is 103 cm³/mol. The number of benzene rings is 1. The summed E-state index contributed by atoms with van der Waals surface area (Å²) in [7, 11) is 0. The first-order valence-corrected chi connectivity index (χ1v) is 9.98. The summed E-state index contributed by atoms with van der Waals surface area (Å²) < 4.78 is 4.82. The van der Waals surface area contributed by atoms with Crippen molar-refractivity contribution in [3.8, 4) is 5.75 Å². The van der Waals surface area contributed by atoms with Crippen molar-refractivity contribution in [1.82, 2.24) is 5.48 Å². The van der Waals surface area contributed by atoms with Crippen molar-refractivity contribution in [3.05, 3.63) is 29.8 Å². The number of hydrogen-bond donors (Lipinski definition) is 3. The first-order valence-electron chi connectivity index (χ1n) is 9.98. The van der Waals surface area contributed by atoms with Crippen molar-refractivity contribution in [3.63, 3.8) is 0 Å². The number of esters is 2. The number of phenolic OH excluding ortho intramolecular Hbond substituents is 1. The van der Waals surface area contributed by atoms with Gasteiger partial charge in [-0.25, -0.2) is 4.79 Å². The molecule has 0 saturated heterocycles. The van der Waals surface area contributed by atoms with Crippen LogP contribution >= 0.6 is 0 Å². The number of hydroxylamine groups is 1. The monoisotopic (exact) mass is 379 g/mol. The third kappa shape index (κ3) is 10.7. The summed E-state index contributed by atoms with van der Waals surface area (Å²) in [5, 5.41) is 18.4. The normalized spacial score (nSPS) is 11.9. The van der Waals surface area contributed by atoms with E-state index >= 15 is 0 Å². The van der Waals surface area contributed by atoms with Crippen LogP contribution in [0.3, 0.4) is 0 Å². The van der Waals surface area contributed by atoms with Crippen molar-refractivity contribution >= 4 is 11.9 Å². The van der Waals surface area contributed by atoms with Crippen molar-refractivity contribution in [1.29, 1.82) is 0 Å². The zero-order valence-electron chi connectivity index (χ0n) is 16.3. The van der Waals surface area contributed by atoms with E-state index in [9.17, 15) is 14.7 Å². The lowest BCUT2D eigenvalue weighted by molar-refractivity contribution is -0.162. The first kappa shape index (κ1) is 23.1. The Hall–Kier alpha value is -1.92. The van der Waals surface area contributed by atoms with Gasteiger partial charge in [0, 0.05) is 12.8 Å². The van der Waals surface area contributed by atoms with Crippen LogP contribution in [0.5, 0.6) is 5.75 Å². The highest BCUT2D eigenvalue weighted by atomic mass is 16.6. The van der Waals surface area contributed by atoms with Gasteiger partial charge in [-0.3, -0.25) is 4.79 Å². The average Bonchev–Trinajstić information content (AvgIpc) is 2.66. The third-order valence-electron chi connectivity index (χ3n) is 4.52. The summed E-state index contributed by atoms with van der Waals surface area (Å²) in [4.78, 5) is 23.8. The van der Waals surface area contributed by atoms with Gasteiger partial charge in [0.1, 0.15) is 11.8 Å². The lowest BCUT2D eigenvalue weighted by Crippen LogP contribution is -2.38. The topological polar surface area (TPSA) is 95.9 Å². The number of nitrogens with one attached hydrogen (secondary N) is 1. The second-order valence-electron chi connectivity index (χ2n) is 6.92. The maximum absolute atomic E-state index is 12.0. The van der Waals surface area contributed by atoms with Crippen molar-refractivity contribution in [2.24, 2.45) is 0 Å². The van der Waals surface area contributed by atoms with Crippen molar-refractivity contribution in [2.45, 2.75) is 83.6 Å². The molecule has 3 N–H and O–H groups in total. The van der Waals surface area contributed by atoms with E-state index in [1.54, 1.807) is 12.1 Å². The van der Waals surface area contributed by atoms with Gasteiger partial charge >= 0.3 is 11.9 Å². The summed E-state index contributed by atoms with van der Waals surface area (Å²) >= 11 is 0. The maximum Gasteiger partial charge on any atom is 0.333 e. The quantitative estimate of drug-likeness (QED) is 0.193. The minimum absolute atomic E-state index is 0.117. The molecule has 0 unspecified atom stereocenters. The molecule has 0 bridgehead atoms. The average molecular weight is 379 g/mol. The molecule has 1 aromatic carbocycles. The van der Waals surface area contributed by atoms with Crippen LogP contribution in [0.25, 0.3) is 0 Å². The Balaban J connectivity index is 2.18. The molecule has 0 aliphatic heterocycles. The fourth-order valence-electron chi connectivity index (χ4n) is 2.86. The van der Waals surface area contributed by atoms with Gasteiger partial charge in [-0.05, 0) is 24.1 Å². The highest BCUT2D eigenvalue weighted by Crippen LogP contribution is 2.13. The van der Waals surface area contributed by atoms with Crippen molar-refractivity contribution in [2.75, 3.05) is 0 Å². The van der Waals surface area contributed by atoms with Crippen LogP contribution < -0.4 is 5.48 Å². The molecule has 0 heterocycles. The van der Waals surface area contributed by atoms with Crippen LogP contribution in [-0.2, 0) is 20.7 Å². The maximum atomic E-state index is 12.0. The molecular formula is C21H33NO5. The smallest absolute Gasteiger partial charge is 0.333 e. The molecule has 1 rings (SSSR count). The second-order valence-corrected chi connectivity index (χ2v) is 6.92. The van der Waals surface area contributed by atoms with Crippen LogP contribution in [-0.4, -0.2) is 28.3 Å². The number of aromatic hydroxyl groups is 1. The molecule has 6 nitrogen and oxygen atoms in total. The highest BCUT2D eigenvalue weighted by Gasteiger charge is 2.22. The number of carbonyl (C=O) groups excluding carboxylic acids is 2. The number of rotatable bonds is 14. The Morgan fingerprint density at radius 3 is 2.07 bits per heavy atom. The van der Waals surface area contributed by atoms with Gasteiger partial charge in [-0.15, -0.1) is 0 Å². The largest absolute Gasteiger partial charge is 0.508 e. The zero-order chi connectivity index (χ0) is 19.9. The Morgan fingerprint density at radius 1 is 0.963 bits per heavy atom. The SMILES string of the molecule is CCCCCCCCCCCC(=O)OC(=O)[C@H](Cc1ccc(O)cc1)NO. The zero-order valence-corrected chi connectivity index (χ0v) is 16.3. The predicted octanol–water partition coefficient (Wildman–Crippen LogP) is 4.27. The number of carbonyl (C=O) groups is 2. The third-order valence-corrected chi connectivity index (χ3v) is 4.52. The minimum atomic E-state index is -1.03. The summed E-state index contributed by atoms with van der Waals surface area (Å²) in [6.07, 6.45) is 10.7. The Kier molecular flexibility index (Phi) is 12.1. The van der Waals surface area contributed by atoms with E-state index in [2.05, 4.69) is 6.92 Å². The summed E-state index contributed by atoms with van der Waals surface area (Å²) in [5.41, 5.74) is 2.61. The molecule has 0 radical (unpaired) electrons. The summed E-state index contributed by atoms with van der Waals surface area (Å²) in [5.74, 6) is -1.24. The molecule has 0 aromatic heterocycles. The summed E-state index contributed by atoms with van der Waals surface area (Å²) in [6.45, 7) is 2.20. The van der Waals surface area contributed by atoms with Gasteiger partial charge in [0.15, 0.2) is 0 Å². The molecule has 0 spiro atoms. The number of unbranched alkanes of at least 4 members (excludes halogenated alkanes) is 8. The standard InChI is InChI=1S/C21H33NO5/c1-2-3-4-5-6-7-8-9-10-11-20(24)27-21(25)19(22-26)16-17-12-14-18(23)15-13-17/h12-15,19,22-23,26H,2-11,16H2,1H3/t19-/m0/s1. The number of ether oxygens (including phenoxy) is 1. The van der Waals surface area contributed by atoms with Crippen LogP contribution in [0.1, 0.15) is 76.7 Å². The van der Waals surface area contributed by atoms with E-state index in [0.717, 1.165) is 18.4 Å². The Bertz CT molecular complexity index is 544. The van der Waals surface area contributed by atoms with Crippen LogP contribution in [0.15, 0.2) is 24.3 Å². The fraction of sp³-hybridized carbons (Fsp3) is 0.619. The van der Waals surface area contributed by atoms with E-state index in [4.69, 9.17) is 9.94 Å². The van der Waals surface area contributed by atoms with Crippen molar-refractivity contribution < 1.29 is 24.6 Å². The Morgan fingerprint density at radius 2 is 1.52 bits per heavy atom. The molecule has 0 aliphatic rings. The Labute approximate surface area is 161 Å². The molecule has 152 valence electrons. The minimum Gasteiger partial charge on any atom is -0.508 e. The molecule has 27 heavy (non-hydrogen) atoms. The van der Waals surface area contributed by atoms with Gasteiger partial charge in [0.2, 0.25) is 0 Å². The number of hydrogen-bond acceptors (Lipinski definition) is 6. The lowest BCUT2D eigenvalue weighted by atomic mass is 10.1. The van der Waals surface area contributed by atoms with Gasteiger partial charge in [-0.1, -0.05) is 70.4 Å². The molecular weight excluding hydrogens is 346 g/mol. The van der Waals surface area contributed by atoms with Crippen LogP contribution in [0.2, 0.25) is 0 Å². The molecule has 6 heteroatoms. The van der Waals surface area contributed by atoms with Gasteiger partial charge < -0.3 is 15.1 Å². The van der Waals surface area contributed by atoms with Gasteiger partial charge in [0.05, 0.1) is 0 Å². The molecule has 0 amide bonds. The van der Waals surface area contributed by atoms with Crippen LogP contribution in [0, 0.1) is 0 Å². The summed E-state index contributed by atoms with van der Waals surface area (Å²) in [6, 6.07) is 5.23. The van der Waals surface area contributed by atoms with Crippen LogP contribution in [0.4, 0.5) is 0 Å². The van der Waals surface area contributed by atoms with Gasteiger partial charge in [-0.2, -0.15) is 5.48 Å². The molecule has 0 aliphatic carbocycles. The van der Waals surface area contributed by atoms with E-state index in [0.29, 0.717) is 6.42 Å². The van der Waals surface area contributed by atoms with E-state index < -0.39 is 18.0 Å². The number of phenols is 1. The van der Waals surface area contributed by atoms with E-state index in [1.807, 2.05) is 5.48 Å². The molecule has 1 aromatic rings. The highest BCUT2D eigenvalue weighted by molar-refractivity contribution is 5.88. The molecule has 1 atom stereocenters. The molecule has 0 fully saturated rings. The molecule has 0 saturated carbocycles.